The number of rotatable bonds is 8. The van der Waals surface area contributed by atoms with Crippen molar-refractivity contribution >= 4 is 22.0 Å². The lowest BCUT2D eigenvalue weighted by Crippen LogP contribution is -2.06. The van der Waals surface area contributed by atoms with Gasteiger partial charge in [-0.3, -0.25) is 4.21 Å². The number of imidazole rings is 1. The normalized spacial score (nSPS) is 12.2. The molecule has 0 saturated heterocycles. The summed E-state index contributed by atoms with van der Waals surface area (Å²) in [6, 6.07) is 9.44. The van der Waals surface area contributed by atoms with Crippen molar-refractivity contribution in [2.45, 2.75) is 13.3 Å². The molecular weight excluding hydrogens is 338 g/mol. The second-order valence-electron chi connectivity index (χ2n) is 5.46. The summed E-state index contributed by atoms with van der Waals surface area (Å²) in [5, 5.41) is 0. The van der Waals surface area contributed by atoms with Gasteiger partial charge in [0.05, 0.1) is 24.8 Å². The van der Waals surface area contributed by atoms with Crippen LogP contribution in [0.3, 0.4) is 0 Å². The Morgan fingerprint density at radius 3 is 2.92 bits per heavy atom. The van der Waals surface area contributed by atoms with Gasteiger partial charge < -0.3 is 14.5 Å². The summed E-state index contributed by atoms with van der Waals surface area (Å²) in [6.07, 6.45) is 2.48. The van der Waals surface area contributed by atoms with Crippen LogP contribution in [0.15, 0.2) is 36.5 Å². The summed E-state index contributed by atoms with van der Waals surface area (Å²) < 4.78 is 22.6. The number of benzene rings is 1. The number of nitrogens with zero attached hydrogens (tertiary/aromatic N) is 2. The van der Waals surface area contributed by atoms with Gasteiger partial charge in [0, 0.05) is 34.6 Å². The number of hydrogen-bond acceptors (Lipinski definition) is 5. The van der Waals surface area contributed by atoms with Crippen LogP contribution in [-0.2, 0) is 10.8 Å². The lowest BCUT2D eigenvalue weighted by Gasteiger charge is -2.10. The van der Waals surface area contributed by atoms with Crippen LogP contribution in [0.4, 0.5) is 0 Å². The topological polar surface area (TPSA) is 77.1 Å². The summed E-state index contributed by atoms with van der Waals surface area (Å²) >= 11 is 0. The number of pyridine rings is 1. The predicted molar refractivity (Wildman–Crippen MR) is 99.5 cm³/mol. The zero-order valence-corrected chi connectivity index (χ0v) is 15.1. The Morgan fingerprint density at radius 2 is 2.16 bits per heavy atom. The number of methoxy groups -OCH3 is 1. The minimum Gasteiger partial charge on any atom is -0.496 e. The molecule has 132 valence electrons. The Kier molecular flexibility index (Phi) is 5.65. The van der Waals surface area contributed by atoms with E-state index in [0.717, 1.165) is 23.3 Å². The Balaban J connectivity index is 1.74. The number of nitrogens with one attached hydrogen (secondary N) is 1. The smallest absolute Gasteiger partial charge is 0.178 e. The van der Waals surface area contributed by atoms with E-state index in [1.165, 1.54) is 0 Å². The number of aromatic amines is 1. The molecule has 2 aromatic heterocycles. The van der Waals surface area contributed by atoms with Crippen LogP contribution >= 0.6 is 0 Å². The fraction of sp³-hybridized carbons (Fsp3) is 0.333. The number of ether oxygens (including phenoxy) is 2. The monoisotopic (exact) mass is 359 g/mol. The van der Waals surface area contributed by atoms with Crippen molar-refractivity contribution in [2.24, 2.45) is 0 Å². The first-order valence-electron chi connectivity index (χ1n) is 8.18. The van der Waals surface area contributed by atoms with Gasteiger partial charge in [-0.2, -0.15) is 0 Å². The lowest BCUT2D eigenvalue weighted by molar-refractivity contribution is 0.315. The molecule has 0 aliphatic carbocycles. The van der Waals surface area contributed by atoms with Crippen LogP contribution < -0.4 is 9.47 Å². The van der Waals surface area contributed by atoms with E-state index in [1.807, 2.05) is 37.3 Å². The first kappa shape index (κ1) is 17.4. The molecule has 7 heteroatoms. The summed E-state index contributed by atoms with van der Waals surface area (Å²) in [6.45, 7) is 2.46. The molecule has 1 aromatic carbocycles. The number of H-pyrrole nitrogens is 1. The Labute approximate surface area is 149 Å². The molecule has 6 nitrogen and oxygen atoms in total. The molecule has 3 aromatic rings. The van der Waals surface area contributed by atoms with Crippen molar-refractivity contribution in [3.05, 3.63) is 36.5 Å². The fourth-order valence-electron chi connectivity index (χ4n) is 2.48. The SMILES string of the molecule is CCS(=O)CCCOc1ccc(-c2nc3ncccc3[nH]2)c(OC)c1. The van der Waals surface area contributed by atoms with E-state index >= 15 is 0 Å². The summed E-state index contributed by atoms with van der Waals surface area (Å²) in [7, 11) is 0.869. The average Bonchev–Trinajstić information content (AvgIpc) is 3.08. The molecule has 0 bridgehead atoms. The number of aromatic nitrogens is 3. The first-order valence-corrected chi connectivity index (χ1v) is 9.67. The predicted octanol–water partition coefficient (Wildman–Crippen LogP) is 3.17. The molecule has 1 N–H and O–H groups in total. The maximum Gasteiger partial charge on any atom is 0.178 e. The summed E-state index contributed by atoms with van der Waals surface area (Å²) in [5.74, 6) is 3.45. The van der Waals surface area contributed by atoms with E-state index in [1.54, 1.807) is 13.3 Å². The molecule has 3 rings (SSSR count). The zero-order chi connectivity index (χ0) is 17.6. The molecule has 25 heavy (non-hydrogen) atoms. The van der Waals surface area contributed by atoms with E-state index in [4.69, 9.17) is 9.47 Å². The van der Waals surface area contributed by atoms with Gasteiger partial charge in [0.2, 0.25) is 0 Å². The Bertz CT molecular complexity index is 846. The highest BCUT2D eigenvalue weighted by Crippen LogP contribution is 2.32. The van der Waals surface area contributed by atoms with Gasteiger partial charge in [0.25, 0.3) is 0 Å². The van der Waals surface area contributed by atoms with Crippen molar-refractivity contribution in [3.8, 4) is 22.9 Å². The van der Waals surface area contributed by atoms with Crippen LogP contribution in [0.25, 0.3) is 22.6 Å². The molecule has 0 aliphatic rings. The van der Waals surface area contributed by atoms with Crippen LogP contribution in [-0.4, -0.2) is 44.4 Å². The van der Waals surface area contributed by atoms with Crippen molar-refractivity contribution in [3.63, 3.8) is 0 Å². The van der Waals surface area contributed by atoms with Gasteiger partial charge in [-0.15, -0.1) is 0 Å². The zero-order valence-electron chi connectivity index (χ0n) is 14.3. The third-order valence-electron chi connectivity index (χ3n) is 3.79. The summed E-state index contributed by atoms with van der Waals surface area (Å²) in [5.41, 5.74) is 2.40. The van der Waals surface area contributed by atoms with E-state index in [9.17, 15) is 4.21 Å². The molecular formula is C18H21N3O3S. The molecule has 0 radical (unpaired) electrons. The van der Waals surface area contributed by atoms with Gasteiger partial charge in [0.15, 0.2) is 5.65 Å². The molecule has 0 amide bonds. The molecule has 2 heterocycles. The second-order valence-corrected chi connectivity index (χ2v) is 7.32. The van der Waals surface area contributed by atoms with Crippen LogP contribution in [0.2, 0.25) is 0 Å². The average molecular weight is 359 g/mol. The van der Waals surface area contributed by atoms with E-state index in [2.05, 4.69) is 15.0 Å². The molecule has 0 aliphatic heterocycles. The number of hydrogen-bond donors (Lipinski definition) is 1. The minimum atomic E-state index is -0.750. The second kappa shape index (κ2) is 8.11. The van der Waals surface area contributed by atoms with Crippen molar-refractivity contribution in [1.82, 2.24) is 15.0 Å². The highest BCUT2D eigenvalue weighted by molar-refractivity contribution is 7.84. The van der Waals surface area contributed by atoms with Gasteiger partial charge >= 0.3 is 0 Å². The highest BCUT2D eigenvalue weighted by atomic mass is 32.2. The van der Waals surface area contributed by atoms with Crippen molar-refractivity contribution in [2.75, 3.05) is 25.2 Å². The molecule has 0 spiro atoms. The third kappa shape index (κ3) is 4.17. The van der Waals surface area contributed by atoms with Crippen LogP contribution in [0, 0.1) is 0 Å². The first-order chi connectivity index (χ1) is 12.2. The molecule has 0 saturated carbocycles. The largest absolute Gasteiger partial charge is 0.496 e. The lowest BCUT2D eigenvalue weighted by atomic mass is 10.2. The van der Waals surface area contributed by atoms with Gasteiger partial charge in [-0.05, 0) is 30.7 Å². The molecule has 1 atom stereocenters. The van der Waals surface area contributed by atoms with Gasteiger partial charge in [-0.25, -0.2) is 9.97 Å². The quantitative estimate of drug-likeness (QED) is 0.625. The third-order valence-corrected chi connectivity index (χ3v) is 5.18. The van der Waals surface area contributed by atoms with E-state index < -0.39 is 10.8 Å². The molecule has 1 unspecified atom stereocenters. The van der Waals surface area contributed by atoms with Crippen LogP contribution in [0.5, 0.6) is 11.5 Å². The highest BCUT2D eigenvalue weighted by Gasteiger charge is 2.12. The fourth-order valence-corrected chi connectivity index (χ4v) is 3.21. The maximum atomic E-state index is 11.4. The Hall–Kier alpha value is -2.41. The van der Waals surface area contributed by atoms with E-state index in [-0.39, 0.29) is 0 Å². The van der Waals surface area contributed by atoms with Crippen LogP contribution in [0.1, 0.15) is 13.3 Å². The van der Waals surface area contributed by atoms with Crippen molar-refractivity contribution < 1.29 is 13.7 Å². The van der Waals surface area contributed by atoms with E-state index in [0.29, 0.717) is 35.3 Å². The van der Waals surface area contributed by atoms with Gasteiger partial charge in [-0.1, -0.05) is 6.92 Å². The van der Waals surface area contributed by atoms with Gasteiger partial charge in [0.1, 0.15) is 17.3 Å². The maximum absolute atomic E-state index is 11.4. The van der Waals surface area contributed by atoms with Crippen molar-refractivity contribution in [1.29, 1.82) is 0 Å². The standard InChI is InChI=1S/C18H21N3O3S/c1-3-25(22)11-5-10-24-13-7-8-14(16(12-13)23-2)17-20-15-6-4-9-19-18(15)21-17/h4,6-9,12H,3,5,10-11H2,1-2H3,(H,19,20,21). The summed E-state index contributed by atoms with van der Waals surface area (Å²) in [4.78, 5) is 12.0. The minimum absolute atomic E-state index is 0.531. The Morgan fingerprint density at radius 1 is 1.28 bits per heavy atom. The molecule has 0 fully saturated rings. The number of fused-ring (bicyclic) bond motifs is 1.